The molecule has 0 spiro atoms. The van der Waals surface area contributed by atoms with Crippen molar-refractivity contribution in [2.24, 2.45) is 5.73 Å². The number of amides is 2. The third-order valence-corrected chi connectivity index (χ3v) is 6.56. The first kappa shape index (κ1) is 19.0. The molecule has 2 heterocycles. The molecule has 1 saturated heterocycles. The van der Waals surface area contributed by atoms with E-state index in [1.54, 1.807) is 0 Å². The second kappa shape index (κ2) is 8.32. The Morgan fingerprint density at radius 3 is 2.54 bits per heavy atom. The number of aryl methyl sites for hydroxylation is 1. The molecule has 2 aromatic rings. The normalized spacial score (nSPS) is 16.5. The van der Waals surface area contributed by atoms with E-state index < -0.39 is 5.91 Å². The van der Waals surface area contributed by atoms with Crippen LogP contribution in [0.4, 0.5) is 10.7 Å². The number of benzene rings is 1. The molecule has 148 valence electrons. The molecule has 2 amide bonds. The van der Waals surface area contributed by atoms with Gasteiger partial charge in [0.15, 0.2) is 0 Å². The van der Waals surface area contributed by atoms with E-state index in [2.05, 4.69) is 10.2 Å². The number of rotatable bonds is 5. The minimum Gasteiger partial charge on any atom is -0.378 e. The summed E-state index contributed by atoms with van der Waals surface area (Å²) in [5.74, 6) is -0.579. The average Bonchev–Trinajstić information content (AvgIpc) is 3.07. The number of nitrogens with zero attached hydrogens (tertiary/aromatic N) is 1. The number of hydrogen-bond acceptors (Lipinski definition) is 5. The number of nitrogens with one attached hydrogen (secondary N) is 1. The van der Waals surface area contributed by atoms with E-state index in [4.69, 9.17) is 10.5 Å². The Kier molecular flexibility index (Phi) is 5.64. The molecule has 1 aliphatic carbocycles. The Morgan fingerprint density at radius 2 is 1.82 bits per heavy atom. The zero-order valence-corrected chi connectivity index (χ0v) is 16.6. The number of carbonyl (C=O) groups excluding carboxylic acids is 2. The van der Waals surface area contributed by atoms with E-state index in [-0.39, 0.29) is 12.3 Å². The molecule has 0 bridgehead atoms. The molecule has 2 aliphatic rings. The predicted molar refractivity (Wildman–Crippen MR) is 111 cm³/mol. The van der Waals surface area contributed by atoms with E-state index in [9.17, 15) is 9.59 Å². The second-order valence-electron chi connectivity index (χ2n) is 7.27. The lowest BCUT2D eigenvalue weighted by atomic mass is 9.95. The molecule has 0 atom stereocenters. The Labute approximate surface area is 168 Å². The lowest BCUT2D eigenvalue weighted by Crippen LogP contribution is -2.36. The standard InChI is InChI=1S/C21H25N3O3S/c22-20(26)19-16-3-1-2-4-17(16)28-21(19)23-18(25)13-14-5-7-15(8-6-14)24-9-11-27-12-10-24/h5-8H,1-4,9-13H2,(H2,22,26)(H,23,25). The maximum absolute atomic E-state index is 12.6. The van der Waals surface area contributed by atoms with Gasteiger partial charge >= 0.3 is 0 Å². The molecular formula is C21H25N3O3S. The number of morpholine rings is 1. The third kappa shape index (κ3) is 4.05. The van der Waals surface area contributed by atoms with Gasteiger partial charge in [-0.05, 0) is 48.9 Å². The number of ether oxygens (including phenoxy) is 1. The summed E-state index contributed by atoms with van der Waals surface area (Å²) in [5, 5.41) is 3.53. The van der Waals surface area contributed by atoms with E-state index in [0.717, 1.165) is 68.8 Å². The van der Waals surface area contributed by atoms with Crippen LogP contribution in [0.15, 0.2) is 24.3 Å². The molecule has 1 aliphatic heterocycles. The highest BCUT2D eigenvalue weighted by Gasteiger charge is 2.25. The SMILES string of the molecule is NC(=O)c1c(NC(=O)Cc2ccc(N3CCOCC3)cc2)sc2c1CCCC2. The van der Waals surface area contributed by atoms with E-state index in [1.807, 2.05) is 24.3 Å². The summed E-state index contributed by atoms with van der Waals surface area (Å²) in [7, 11) is 0. The summed E-state index contributed by atoms with van der Waals surface area (Å²) in [4.78, 5) is 28.0. The Hall–Kier alpha value is -2.38. The van der Waals surface area contributed by atoms with Crippen LogP contribution in [0.25, 0.3) is 0 Å². The van der Waals surface area contributed by atoms with Crippen molar-refractivity contribution in [3.05, 3.63) is 45.8 Å². The zero-order chi connectivity index (χ0) is 19.5. The number of primary amides is 1. The predicted octanol–water partition coefficient (Wildman–Crippen LogP) is 2.74. The summed E-state index contributed by atoms with van der Waals surface area (Å²) < 4.78 is 5.38. The van der Waals surface area contributed by atoms with Crippen molar-refractivity contribution >= 4 is 33.8 Å². The fraction of sp³-hybridized carbons (Fsp3) is 0.429. The highest BCUT2D eigenvalue weighted by atomic mass is 32.1. The van der Waals surface area contributed by atoms with Crippen molar-refractivity contribution < 1.29 is 14.3 Å². The summed E-state index contributed by atoms with van der Waals surface area (Å²) in [5.41, 5.74) is 9.24. The van der Waals surface area contributed by atoms with E-state index in [1.165, 1.54) is 16.2 Å². The van der Waals surface area contributed by atoms with Crippen LogP contribution in [-0.2, 0) is 28.8 Å². The van der Waals surface area contributed by atoms with Crippen LogP contribution in [0.5, 0.6) is 0 Å². The van der Waals surface area contributed by atoms with Crippen LogP contribution in [0.1, 0.15) is 39.2 Å². The van der Waals surface area contributed by atoms with Gasteiger partial charge in [-0.25, -0.2) is 0 Å². The highest BCUT2D eigenvalue weighted by Crippen LogP contribution is 2.37. The molecule has 3 N–H and O–H groups in total. The first-order valence-electron chi connectivity index (χ1n) is 9.77. The van der Waals surface area contributed by atoms with Gasteiger partial charge in [0, 0.05) is 23.7 Å². The summed E-state index contributed by atoms with van der Waals surface area (Å²) in [6.07, 6.45) is 4.27. The number of hydrogen-bond donors (Lipinski definition) is 2. The van der Waals surface area contributed by atoms with E-state index in [0.29, 0.717) is 10.6 Å². The van der Waals surface area contributed by atoms with Gasteiger partial charge in [0.25, 0.3) is 5.91 Å². The van der Waals surface area contributed by atoms with Crippen LogP contribution < -0.4 is 16.0 Å². The minimum absolute atomic E-state index is 0.125. The molecule has 6 nitrogen and oxygen atoms in total. The first-order valence-corrected chi connectivity index (χ1v) is 10.6. The molecule has 4 rings (SSSR count). The molecular weight excluding hydrogens is 374 g/mol. The second-order valence-corrected chi connectivity index (χ2v) is 8.38. The average molecular weight is 400 g/mol. The van der Waals surface area contributed by atoms with Crippen molar-refractivity contribution in [1.29, 1.82) is 0 Å². The largest absolute Gasteiger partial charge is 0.378 e. The molecule has 1 fully saturated rings. The van der Waals surface area contributed by atoms with Crippen molar-refractivity contribution in [2.75, 3.05) is 36.5 Å². The highest BCUT2D eigenvalue weighted by molar-refractivity contribution is 7.17. The van der Waals surface area contributed by atoms with Gasteiger partial charge < -0.3 is 20.7 Å². The molecule has 1 aromatic carbocycles. The Bertz CT molecular complexity index is 870. The smallest absolute Gasteiger partial charge is 0.251 e. The van der Waals surface area contributed by atoms with Gasteiger partial charge in [0.05, 0.1) is 25.2 Å². The lowest BCUT2D eigenvalue weighted by Gasteiger charge is -2.28. The molecule has 0 radical (unpaired) electrons. The summed E-state index contributed by atoms with van der Waals surface area (Å²) >= 11 is 1.50. The molecule has 1 aromatic heterocycles. The molecule has 0 saturated carbocycles. The van der Waals surface area contributed by atoms with Crippen LogP contribution in [0.3, 0.4) is 0 Å². The maximum Gasteiger partial charge on any atom is 0.251 e. The van der Waals surface area contributed by atoms with Crippen molar-refractivity contribution in [3.8, 4) is 0 Å². The fourth-order valence-corrected chi connectivity index (χ4v) is 5.23. The lowest BCUT2D eigenvalue weighted by molar-refractivity contribution is -0.115. The Balaban J connectivity index is 1.43. The number of fused-ring (bicyclic) bond motifs is 1. The number of nitrogens with two attached hydrogens (primary N) is 1. The van der Waals surface area contributed by atoms with Crippen LogP contribution in [0, 0.1) is 0 Å². The number of carbonyl (C=O) groups is 2. The maximum atomic E-state index is 12.6. The van der Waals surface area contributed by atoms with Gasteiger partial charge in [-0.2, -0.15) is 0 Å². The van der Waals surface area contributed by atoms with Crippen LogP contribution >= 0.6 is 11.3 Å². The first-order chi connectivity index (χ1) is 13.6. The van der Waals surface area contributed by atoms with Gasteiger partial charge in [-0.1, -0.05) is 12.1 Å². The van der Waals surface area contributed by atoms with Crippen LogP contribution in [0.2, 0.25) is 0 Å². The zero-order valence-electron chi connectivity index (χ0n) is 15.8. The van der Waals surface area contributed by atoms with Gasteiger partial charge in [0.1, 0.15) is 5.00 Å². The third-order valence-electron chi connectivity index (χ3n) is 5.35. The topological polar surface area (TPSA) is 84.7 Å². The van der Waals surface area contributed by atoms with Gasteiger partial charge in [-0.3, -0.25) is 9.59 Å². The summed E-state index contributed by atoms with van der Waals surface area (Å²) in [6, 6.07) is 8.07. The van der Waals surface area contributed by atoms with Crippen molar-refractivity contribution in [2.45, 2.75) is 32.1 Å². The summed E-state index contributed by atoms with van der Waals surface area (Å²) in [6.45, 7) is 3.27. The van der Waals surface area contributed by atoms with Crippen molar-refractivity contribution in [1.82, 2.24) is 0 Å². The fourth-order valence-electron chi connectivity index (χ4n) is 3.92. The quantitative estimate of drug-likeness (QED) is 0.810. The Morgan fingerprint density at radius 1 is 1.11 bits per heavy atom. The van der Waals surface area contributed by atoms with Crippen LogP contribution in [-0.4, -0.2) is 38.1 Å². The minimum atomic E-state index is -0.454. The van der Waals surface area contributed by atoms with Gasteiger partial charge in [-0.15, -0.1) is 11.3 Å². The number of anilines is 2. The monoisotopic (exact) mass is 399 g/mol. The molecule has 7 heteroatoms. The molecule has 28 heavy (non-hydrogen) atoms. The van der Waals surface area contributed by atoms with Crippen molar-refractivity contribution in [3.63, 3.8) is 0 Å². The van der Waals surface area contributed by atoms with Gasteiger partial charge in [0.2, 0.25) is 5.91 Å². The van der Waals surface area contributed by atoms with E-state index >= 15 is 0 Å². The number of thiophene rings is 1. The molecule has 0 unspecified atom stereocenters.